The van der Waals surface area contributed by atoms with E-state index in [0.29, 0.717) is 19.3 Å². The second-order valence-corrected chi connectivity index (χ2v) is 16.0. The third-order valence-corrected chi connectivity index (χ3v) is 10.3. The van der Waals surface area contributed by atoms with E-state index in [2.05, 4.69) is 69.4 Å². The molecule has 6 nitrogen and oxygen atoms in total. The summed E-state index contributed by atoms with van der Waals surface area (Å²) < 4.78 is 16.7. The lowest BCUT2D eigenvalue weighted by atomic mass is 10.1. The Balaban J connectivity index is 4.31. The third-order valence-electron chi connectivity index (χ3n) is 10.3. The first-order chi connectivity index (χ1) is 28.0. The van der Waals surface area contributed by atoms with Crippen LogP contribution in [0.3, 0.4) is 0 Å². The van der Waals surface area contributed by atoms with E-state index in [1.54, 1.807) is 0 Å². The van der Waals surface area contributed by atoms with Gasteiger partial charge in [-0.25, -0.2) is 0 Å². The molecule has 0 radical (unpaired) electrons. The minimum atomic E-state index is -0.777. The molecule has 1 unspecified atom stereocenters. The molecule has 0 rings (SSSR count). The van der Waals surface area contributed by atoms with Gasteiger partial charge in [-0.3, -0.25) is 14.4 Å². The highest BCUT2D eigenvalue weighted by atomic mass is 16.6. The van der Waals surface area contributed by atoms with Crippen LogP contribution < -0.4 is 0 Å². The number of carbonyl (C=O) groups is 3. The minimum absolute atomic E-state index is 0.0795. The Morgan fingerprint density at radius 2 is 0.667 bits per heavy atom. The highest BCUT2D eigenvalue weighted by molar-refractivity contribution is 5.71. The van der Waals surface area contributed by atoms with E-state index in [-0.39, 0.29) is 31.1 Å². The van der Waals surface area contributed by atoms with Crippen LogP contribution in [-0.2, 0) is 28.6 Å². The van der Waals surface area contributed by atoms with Crippen molar-refractivity contribution < 1.29 is 28.6 Å². The van der Waals surface area contributed by atoms with Crippen LogP contribution in [0.5, 0.6) is 0 Å². The quantitative estimate of drug-likeness (QED) is 0.0265. The van der Waals surface area contributed by atoms with Crippen LogP contribution in [0.4, 0.5) is 0 Å². The molecule has 0 amide bonds. The molecule has 0 spiro atoms. The van der Waals surface area contributed by atoms with Gasteiger partial charge in [-0.15, -0.1) is 0 Å². The molecule has 57 heavy (non-hydrogen) atoms. The SMILES string of the molecule is CCC/C=C\CCCCCCCC(=O)OC(COC(=O)CCCCCCCC/C=C\C/C=C\C/C=C\CCCCC)COC(=O)CCCCCCCCCCCC. The lowest BCUT2D eigenvalue weighted by molar-refractivity contribution is -0.167. The van der Waals surface area contributed by atoms with Crippen molar-refractivity contribution in [1.29, 1.82) is 0 Å². The van der Waals surface area contributed by atoms with E-state index in [9.17, 15) is 14.4 Å². The van der Waals surface area contributed by atoms with Crippen molar-refractivity contribution in [1.82, 2.24) is 0 Å². The highest BCUT2D eigenvalue weighted by Gasteiger charge is 2.19. The fraction of sp³-hybridized carbons (Fsp3) is 0.784. The Morgan fingerprint density at radius 3 is 1.11 bits per heavy atom. The maximum atomic E-state index is 12.7. The van der Waals surface area contributed by atoms with E-state index in [4.69, 9.17) is 14.2 Å². The van der Waals surface area contributed by atoms with Crippen molar-refractivity contribution >= 4 is 17.9 Å². The lowest BCUT2D eigenvalue weighted by Gasteiger charge is -2.18. The molecule has 0 aliphatic rings. The molecule has 0 aromatic carbocycles. The van der Waals surface area contributed by atoms with Crippen LogP contribution in [0.1, 0.15) is 239 Å². The summed E-state index contributed by atoms with van der Waals surface area (Å²) in [6.45, 7) is 6.51. The van der Waals surface area contributed by atoms with Crippen molar-refractivity contribution in [2.45, 2.75) is 245 Å². The third kappa shape index (κ3) is 44.3. The van der Waals surface area contributed by atoms with Gasteiger partial charge in [0.25, 0.3) is 0 Å². The van der Waals surface area contributed by atoms with Crippen molar-refractivity contribution in [3.8, 4) is 0 Å². The van der Waals surface area contributed by atoms with Crippen molar-refractivity contribution in [3.05, 3.63) is 48.6 Å². The Morgan fingerprint density at radius 1 is 0.351 bits per heavy atom. The predicted octanol–water partition coefficient (Wildman–Crippen LogP) is 15.5. The molecule has 0 aliphatic heterocycles. The van der Waals surface area contributed by atoms with Gasteiger partial charge in [-0.2, -0.15) is 0 Å². The Labute approximate surface area is 352 Å². The molecule has 0 aliphatic carbocycles. The molecule has 0 heterocycles. The monoisotopic (exact) mass is 799 g/mol. The molecule has 1 atom stereocenters. The topological polar surface area (TPSA) is 78.9 Å². The van der Waals surface area contributed by atoms with Gasteiger partial charge in [-0.05, 0) is 77.0 Å². The summed E-state index contributed by atoms with van der Waals surface area (Å²) in [4.78, 5) is 37.7. The minimum Gasteiger partial charge on any atom is -0.462 e. The van der Waals surface area contributed by atoms with E-state index in [1.807, 2.05) is 0 Å². The van der Waals surface area contributed by atoms with Crippen LogP contribution in [0.25, 0.3) is 0 Å². The number of hydrogen-bond donors (Lipinski definition) is 0. The summed E-state index contributed by atoms with van der Waals surface area (Å²) in [6, 6.07) is 0. The molecule has 0 N–H and O–H groups in total. The fourth-order valence-corrected chi connectivity index (χ4v) is 6.63. The van der Waals surface area contributed by atoms with Crippen LogP contribution in [0.2, 0.25) is 0 Å². The molecular weight excluding hydrogens is 709 g/mol. The number of ether oxygens (including phenoxy) is 3. The maximum absolute atomic E-state index is 12.7. The van der Waals surface area contributed by atoms with E-state index >= 15 is 0 Å². The summed E-state index contributed by atoms with van der Waals surface area (Å²) in [7, 11) is 0. The summed E-state index contributed by atoms with van der Waals surface area (Å²) in [5.74, 6) is -0.904. The summed E-state index contributed by atoms with van der Waals surface area (Å²) >= 11 is 0. The highest BCUT2D eigenvalue weighted by Crippen LogP contribution is 2.14. The average Bonchev–Trinajstić information content (AvgIpc) is 3.21. The number of rotatable bonds is 43. The van der Waals surface area contributed by atoms with Gasteiger partial charge >= 0.3 is 17.9 Å². The lowest BCUT2D eigenvalue weighted by Crippen LogP contribution is -2.30. The van der Waals surface area contributed by atoms with Crippen molar-refractivity contribution in [2.24, 2.45) is 0 Å². The number of hydrogen-bond acceptors (Lipinski definition) is 6. The molecule has 6 heteroatoms. The summed E-state index contributed by atoms with van der Waals surface area (Å²) in [5, 5.41) is 0. The predicted molar refractivity (Wildman–Crippen MR) is 242 cm³/mol. The first kappa shape index (κ1) is 54.4. The standard InChI is InChI=1S/C51H90O6/c1-4-7-10-13-16-19-22-23-24-25-26-27-28-29-30-33-35-38-41-44-50(53)56-47-48(57-51(54)45-42-39-36-32-21-18-15-12-9-6-3)46-55-49(52)43-40-37-34-31-20-17-14-11-8-5-2/h12,15-16,19,23-24,26-27,48H,4-11,13-14,17-18,20-22,25,28-47H2,1-3H3/b15-12-,19-16-,24-23-,27-26-. The Hall–Kier alpha value is -2.63. The molecule has 0 aromatic heterocycles. The number of esters is 3. The second kappa shape index (κ2) is 46.1. The number of carbonyl (C=O) groups excluding carboxylic acids is 3. The zero-order valence-corrected chi connectivity index (χ0v) is 37.6. The number of unbranched alkanes of at least 4 members (excludes halogenated alkanes) is 24. The van der Waals surface area contributed by atoms with E-state index < -0.39 is 6.10 Å². The average molecular weight is 799 g/mol. The van der Waals surface area contributed by atoms with Crippen molar-refractivity contribution in [2.75, 3.05) is 13.2 Å². The van der Waals surface area contributed by atoms with Gasteiger partial charge in [0.05, 0.1) is 0 Å². The van der Waals surface area contributed by atoms with Gasteiger partial charge in [0.1, 0.15) is 13.2 Å². The first-order valence-corrected chi connectivity index (χ1v) is 24.1. The molecule has 0 aromatic rings. The normalized spacial score (nSPS) is 12.4. The maximum Gasteiger partial charge on any atom is 0.306 e. The smallest absolute Gasteiger partial charge is 0.306 e. The molecule has 0 saturated carbocycles. The number of allylic oxidation sites excluding steroid dienone is 8. The van der Waals surface area contributed by atoms with Gasteiger partial charge < -0.3 is 14.2 Å². The van der Waals surface area contributed by atoms with Crippen LogP contribution in [-0.4, -0.2) is 37.2 Å². The second-order valence-electron chi connectivity index (χ2n) is 16.0. The molecule has 0 bridgehead atoms. The zero-order chi connectivity index (χ0) is 41.5. The van der Waals surface area contributed by atoms with Crippen LogP contribution in [0.15, 0.2) is 48.6 Å². The van der Waals surface area contributed by atoms with Gasteiger partial charge in [0.15, 0.2) is 6.10 Å². The van der Waals surface area contributed by atoms with Gasteiger partial charge in [0.2, 0.25) is 0 Å². The summed E-state index contributed by atoms with van der Waals surface area (Å²) in [5.41, 5.74) is 0. The van der Waals surface area contributed by atoms with Crippen LogP contribution >= 0.6 is 0 Å². The largest absolute Gasteiger partial charge is 0.462 e. The van der Waals surface area contributed by atoms with E-state index in [0.717, 1.165) is 96.3 Å². The van der Waals surface area contributed by atoms with Crippen LogP contribution in [0, 0.1) is 0 Å². The molecule has 330 valence electrons. The first-order valence-electron chi connectivity index (χ1n) is 24.1. The fourth-order valence-electron chi connectivity index (χ4n) is 6.63. The van der Waals surface area contributed by atoms with Crippen molar-refractivity contribution in [3.63, 3.8) is 0 Å². The van der Waals surface area contributed by atoms with E-state index in [1.165, 1.54) is 103 Å². The van der Waals surface area contributed by atoms with Gasteiger partial charge in [-0.1, -0.05) is 191 Å². The summed E-state index contributed by atoms with van der Waals surface area (Å²) in [6.07, 6.45) is 53.8. The molecule has 0 fully saturated rings. The molecule has 0 saturated heterocycles. The Kier molecular flexibility index (Phi) is 43.9. The Bertz CT molecular complexity index is 1010. The zero-order valence-electron chi connectivity index (χ0n) is 37.6. The van der Waals surface area contributed by atoms with Gasteiger partial charge in [0, 0.05) is 19.3 Å². The molecular formula is C51H90O6.